The van der Waals surface area contributed by atoms with Crippen molar-refractivity contribution in [2.75, 3.05) is 20.2 Å². The topological polar surface area (TPSA) is 240 Å². The number of aldehydes is 1. The Morgan fingerprint density at radius 3 is 2.51 bits per heavy atom. The van der Waals surface area contributed by atoms with E-state index in [1.54, 1.807) is 18.9 Å². The lowest BCUT2D eigenvalue weighted by molar-refractivity contribution is -0.385. The minimum Gasteiger partial charge on any atom is -0.494 e. The monoisotopic (exact) mass is 682 g/mol. The molecule has 0 bridgehead atoms. The lowest BCUT2D eigenvalue weighted by Crippen LogP contribution is -2.38. The van der Waals surface area contributed by atoms with Crippen LogP contribution in [0.5, 0.6) is 5.75 Å². The van der Waals surface area contributed by atoms with Gasteiger partial charge in [0.15, 0.2) is 5.25 Å². The molecule has 1 heterocycles. The summed E-state index contributed by atoms with van der Waals surface area (Å²) in [5.41, 5.74) is -0.0295. The number of ether oxygens (including phenoxy) is 1. The Morgan fingerprint density at radius 2 is 1.91 bits per heavy atom. The van der Waals surface area contributed by atoms with E-state index in [1.807, 2.05) is 0 Å². The summed E-state index contributed by atoms with van der Waals surface area (Å²) in [5, 5.41) is 22.6. The van der Waals surface area contributed by atoms with Gasteiger partial charge in [-0.05, 0) is 76.3 Å². The predicted molar refractivity (Wildman–Crippen MR) is 162 cm³/mol. The van der Waals surface area contributed by atoms with Gasteiger partial charge in [-0.3, -0.25) is 38.7 Å². The first-order valence-electron chi connectivity index (χ1n) is 14.9. The number of hydrogen-bond acceptors (Lipinski definition) is 13. The lowest BCUT2D eigenvalue weighted by Gasteiger charge is -2.32. The summed E-state index contributed by atoms with van der Waals surface area (Å²) in [5.74, 6) is -3.57. The first-order valence-corrected chi connectivity index (χ1v) is 16.4. The maximum atomic E-state index is 13.1. The van der Waals surface area contributed by atoms with E-state index < -0.39 is 56.8 Å². The highest BCUT2D eigenvalue weighted by molar-refractivity contribution is 7.87. The van der Waals surface area contributed by atoms with Gasteiger partial charge in [-0.2, -0.15) is 8.42 Å². The molecule has 258 valence electrons. The van der Waals surface area contributed by atoms with Crippen molar-refractivity contribution in [2.45, 2.75) is 69.4 Å². The number of rotatable bonds is 16. The van der Waals surface area contributed by atoms with E-state index in [1.165, 1.54) is 30.4 Å². The third kappa shape index (κ3) is 10.4. The Balaban J connectivity index is 1.50. The highest BCUT2D eigenvalue weighted by Gasteiger charge is 2.48. The van der Waals surface area contributed by atoms with Gasteiger partial charge < -0.3 is 20.0 Å². The zero-order valence-electron chi connectivity index (χ0n) is 25.8. The summed E-state index contributed by atoms with van der Waals surface area (Å²) in [4.78, 5) is 77.0. The van der Waals surface area contributed by atoms with E-state index in [0.717, 1.165) is 12.8 Å². The zero-order valence-corrected chi connectivity index (χ0v) is 26.7. The minimum atomic E-state index is -4.85. The second-order valence-electron chi connectivity index (χ2n) is 11.4. The van der Waals surface area contributed by atoms with Gasteiger partial charge in [0.1, 0.15) is 18.3 Å². The van der Waals surface area contributed by atoms with Crippen LogP contribution in [-0.2, 0) is 38.9 Å². The molecule has 1 saturated carbocycles. The maximum Gasteiger partial charge on any atom is 0.333 e. The summed E-state index contributed by atoms with van der Waals surface area (Å²) < 4.78 is 37.1. The summed E-state index contributed by atoms with van der Waals surface area (Å²) >= 11 is 0. The average molecular weight is 683 g/mol. The molecular weight excluding hydrogens is 644 g/mol. The van der Waals surface area contributed by atoms with Crippen LogP contribution in [0, 0.1) is 22.0 Å². The van der Waals surface area contributed by atoms with E-state index in [9.17, 15) is 47.6 Å². The maximum absolute atomic E-state index is 13.1. The first kappa shape index (κ1) is 37.2. The molecule has 3 atom stereocenters. The summed E-state index contributed by atoms with van der Waals surface area (Å²) in [6.45, 7) is 2.12. The molecule has 0 radical (unpaired) electrons. The van der Waals surface area contributed by atoms with E-state index in [2.05, 4.69) is 10.2 Å². The van der Waals surface area contributed by atoms with Crippen molar-refractivity contribution in [3.05, 3.63) is 46.0 Å². The molecule has 1 aromatic carbocycles. The number of benzene rings is 1. The normalized spacial score (nSPS) is 21.5. The molecule has 47 heavy (non-hydrogen) atoms. The van der Waals surface area contributed by atoms with Crippen molar-refractivity contribution in [1.82, 2.24) is 15.3 Å². The number of nitro groups is 1. The van der Waals surface area contributed by atoms with Crippen molar-refractivity contribution < 1.29 is 56.5 Å². The lowest BCUT2D eigenvalue weighted by atomic mass is 9.81. The molecule has 1 aliphatic carbocycles. The van der Waals surface area contributed by atoms with Gasteiger partial charge in [0.2, 0.25) is 5.91 Å². The largest absolute Gasteiger partial charge is 0.494 e. The summed E-state index contributed by atoms with van der Waals surface area (Å²) in [6.07, 6.45) is 3.85. The molecular formula is C29H38N4O13S. The van der Waals surface area contributed by atoms with Gasteiger partial charge in [0.25, 0.3) is 27.6 Å². The number of nitrogens with one attached hydrogen (secondary N) is 1. The number of imide groups is 1. The van der Waals surface area contributed by atoms with E-state index in [-0.39, 0.29) is 59.3 Å². The second kappa shape index (κ2) is 16.5. The summed E-state index contributed by atoms with van der Waals surface area (Å²) in [6, 6.07) is 3.26. The Bertz CT molecular complexity index is 1490. The minimum absolute atomic E-state index is 0.00710. The van der Waals surface area contributed by atoms with Crippen LogP contribution in [0.25, 0.3) is 0 Å². The third-order valence-electron chi connectivity index (χ3n) is 8.01. The van der Waals surface area contributed by atoms with Crippen LogP contribution in [0.1, 0.15) is 63.5 Å². The van der Waals surface area contributed by atoms with Crippen LogP contribution in [0.2, 0.25) is 0 Å². The van der Waals surface area contributed by atoms with Gasteiger partial charge in [-0.1, -0.05) is 0 Å². The van der Waals surface area contributed by atoms with Crippen molar-refractivity contribution in [2.24, 2.45) is 11.8 Å². The Hall–Kier alpha value is -4.26. The van der Waals surface area contributed by atoms with E-state index in [0.29, 0.717) is 25.7 Å². The molecule has 3 rings (SSSR count). The van der Waals surface area contributed by atoms with Gasteiger partial charge >= 0.3 is 5.97 Å². The number of allylic oxidation sites excluding steroid dienone is 1. The zero-order chi connectivity index (χ0) is 34.9. The number of carbonyl (C=O) groups is 5. The van der Waals surface area contributed by atoms with Crippen LogP contribution in [0.15, 0.2) is 30.4 Å². The molecule has 2 aliphatic rings. The fraction of sp³-hybridized carbons (Fsp3) is 0.552. The number of carbonyl (C=O) groups excluding carboxylic acids is 5. The quantitative estimate of drug-likeness (QED) is 0.0325. The predicted octanol–water partition coefficient (Wildman–Crippen LogP) is 1.22. The molecule has 0 spiro atoms. The van der Waals surface area contributed by atoms with Crippen molar-refractivity contribution in [1.29, 1.82) is 0 Å². The molecule has 1 aliphatic heterocycles. The molecule has 1 aromatic rings. The standard InChI is InChI=1S/C29H38N4O13S/c1-18(30-28(38)20-9-7-19(8-10-20)17-31(2)25(35)5-3-13-34)22-15-21(11-12-23(22)33(40)41)45-14-4-6-27(37)46-32-26(36)16-24(29(32)39)47(42,43)44/h3,5,11-13,15,18-20,24-25,35H,4,6-10,14,16-17H2,1-2H3,(H,30,38)(H,42,43,44)/b5-3-. The average Bonchev–Trinajstić information content (AvgIpc) is 3.30. The van der Waals surface area contributed by atoms with Gasteiger partial charge in [0.05, 0.1) is 36.0 Å². The summed E-state index contributed by atoms with van der Waals surface area (Å²) in [7, 11) is -3.11. The second-order valence-corrected chi connectivity index (χ2v) is 13.0. The van der Waals surface area contributed by atoms with Crippen molar-refractivity contribution in [3.63, 3.8) is 0 Å². The number of nitrogens with zero attached hydrogens (tertiary/aromatic N) is 3. The first-order chi connectivity index (χ1) is 22.1. The van der Waals surface area contributed by atoms with Gasteiger partial charge in [-0.15, -0.1) is 5.06 Å². The van der Waals surface area contributed by atoms with Crippen molar-refractivity contribution >= 4 is 45.8 Å². The fourth-order valence-electron chi connectivity index (χ4n) is 5.42. The fourth-order valence-corrected chi connectivity index (χ4v) is 6.13. The SMILES string of the molecule is CC(NC(=O)C1CCC(CN(C)C(O)/C=C\C=O)CC1)c1cc(OCCCC(=O)ON2C(=O)CC(S(=O)(=O)O)C2=O)ccc1[N+](=O)[O-]. The number of hydrogen-bond donors (Lipinski definition) is 3. The number of hydroxylamine groups is 2. The smallest absolute Gasteiger partial charge is 0.333 e. The molecule has 17 nitrogen and oxygen atoms in total. The molecule has 1 saturated heterocycles. The Kier molecular flexibility index (Phi) is 13.1. The van der Waals surface area contributed by atoms with E-state index in [4.69, 9.17) is 9.29 Å². The number of aliphatic hydroxyl groups is 1. The highest BCUT2D eigenvalue weighted by Crippen LogP contribution is 2.33. The van der Waals surface area contributed by atoms with Gasteiger partial charge in [-0.25, -0.2) is 4.79 Å². The molecule has 2 fully saturated rings. The van der Waals surface area contributed by atoms with Crippen LogP contribution in [0.4, 0.5) is 5.69 Å². The third-order valence-corrected chi connectivity index (χ3v) is 9.09. The number of nitro benzene ring substituents is 1. The molecule has 3 unspecified atom stereocenters. The number of likely N-dealkylation sites (N-methyl/N-ethyl adjacent to an activating group) is 1. The molecule has 3 N–H and O–H groups in total. The van der Waals surface area contributed by atoms with Crippen molar-refractivity contribution in [3.8, 4) is 5.75 Å². The van der Waals surface area contributed by atoms with E-state index >= 15 is 0 Å². The number of amides is 3. The van der Waals surface area contributed by atoms with Crippen LogP contribution in [-0.4, -0.2) is 94.6 Å². The Morgan fingerprint density at radius 1 is 1.23 bits per heavy atom. The van der Waals surface area contributed by atoms with Crippen LogP contribution >= 0.6 is 0 Å². The molecule has 3 amide bonds. The number of aliphatic hydroxyl groups excluding tert-OH is 1. The molecule has 0 aromatic heterocycles. The van der Waals surface area contributed by atoms with Crippen LogP contribution < -0.4 is 10.1 Å². The van der Waals surface area contributed by atoms with Crippen LogP contribution in [0.3, 0.4) is 0 Å². The van der Waals surface area contributed by atoms with Gasteiger partial charge in [0, 0.05) is 18.5 Å². The Labute approximate surface area is 270 Å². The molecule has 18 heteroatoms. The highest BCUT2D eigenvalue weighted by atomic mass is 32.2.